The van der Waals surface area contributed by atoms with Gasteiger partial charge in [0.2, 0.25) is 0 Å². The quantitative estimate of drug-likeness (QED) is 0.821. The molecule has 0 radical (unpaired) electrons. The molecule has 0 aliphatic carbocycles. The Morgan fingerprint density at radius 2 is 2.00 bits per heavy atom. The summed E-state index contributed by atoms with van der Waals surface area (Å²) in [5.41, 5.74) is 1.39. The predicted molar refractivity (Wildman–Crippen MR) is 73.0 cm³/mol. The molecule has 0 saturated carbocycles. The second kappa shape index (κ2) is 6.12. The molecule has 0 aliphatic rings. The monoisotopic (exact) mass is 235 g/mol. The minimum Gasteiger partial charge on any atom is -0.311 e. The Balaban J connectivity index is 3.14. The summed E-state index contributed by atoms with van der Waals surface area (Å²) in [6.07, 6.45) is 6.00. The van der Waals surface area contributed by atoms with Crippen LogP contribution in [0.1, 0.15) is 38.3 Å². The molecule has 1 aromatic heterocycles. The SMILES string of the molecule is CCC(CC)(C(NC)c1cccnc1)N(C)C. The van der Waals surface area contributed by atoms with E-state index in [1.807, 2.05) is 25.5 Å². The van der Waals surface area contributed by atoms with Crippen molar-refractivity contribution in [3.63, 3.8) is 0 Å². The van der Waals surface area contributed by atoms with E-state index in [1.165, 1.54) is 5.56 Å². The minimum absolute atomic E-state index is 0.137. The lowest BCUT2D eigenvalue weighted by Crippen LogP contribution is -2.52. The van der Waals surface area contributed by atoms with Crippen molar-refractivity contribution in [3.8, 4) is 0 Å². The number of aromatic nitrogens is 1. The average molecular weight is 235 g/mol. The molecule has 96 valence electrons. The third-order valence-corrected chi connectivity index (χ3v) is 3.96. The smallest absolute Gasteiger partial charge is 0.0519 e. The number of hydrogen-bond acceptors (Lipinski definition) is 3. The van der Waals surface area contributed by atoms with E-state index in [0.29, 0.717) is 6.04 Å². The highest BCUT2D eigenvalue weighted by Crippen LogP contribution is 2.35. The second-order valence-electron chi connectivity index (χ2n) is 4.71. The highest BCUT2D eigenvalue weighted by Gasteiger charge is 2.37. The van der Waals surface area contributed by atoms with E-state index in [1.54, 1.807) is 0 Å². The van der Waals surface area contributed by atoms with Crippen LogP contribution in [0.3, 0.4) is 0 Å². The molecular weight excluding hydrogens is 210 g/mol. The zero-order valence-corrected chi connectivity index (χ0v) is 11.7. The Morgan fingerprint density at radius 3 is 2.35 bits per heavy atom. The topological polar surface area (TPSA) is 28.2 Å². The molecule has 1 N–H and O–H groups in total. The van der Waals surface area contributed by atoms with Crippen molar-refractivity contribution in [2.24, 2.45) is 0 Å². The van der Waals surface area contributed by atoms with E-state index < -0.39 is 0 Å². The van der Waals surface area contributed by atoms with Crippen LogP contribution in [0.4, 0.5) is 0 Å². The van der Waals surface area contributed by atoms with Gasteiger partial charge in [0.15, 0.2) is 0 Å². The summed E-state index contributed by atoms with van der Waals surface area (Å²) in [7, 11) is 6.35. The standard InChI is InChI=1S/C14H25N3/c1-6-14(7-2,17(4)5)13(15-3)12-9-8-10-16-11-12/h8-11,13,15H,6-7H2,1-5H3. The summed E-state index contributed by atoms with van der Waals surface area (Å²) in [5.74, 6) is 0. The Kier molecular flexibility index (Phi) is 5.09. The Hall–Kier alpha value is -0.930. The molecule has 1 unspecified atom stereocenters. The zero-order chi connectivity index (χ0) is 12.9. The third kappa shape index (κ3) is 2.67. The van der Waals surface area contributed by atoms with Gasteiger partial charge in [0.1, 0.15) is 0 Å². The maximum absolute atomic E-state index is 4.24. The van der Waals surface area contributed by atoms with E-state index in [-0.39, 0.29) is 5.54 Å². The maximum atomic E-state index is 4.24. The number of rotatable bonds is 6. The summed E-state index contributed by atoms with van der Waals surface area (Å²) in [6, 6.07) is 4.46. The van der Waals surface area contributed by atoms with Gasteiger partial charge >= 0.3 is 0 Å². The average Bonchev–Trinajstić information content (AvgIpc) is 2.36. The van der Waals surface area contributed by atoms with Crippen molar-refractivity contribution in [1.29, 1.82) is 0 Å². The van der Waals surface area contributed by atoms with Crippen molar-refractivity contribution in [1.82, 2.24) is 15.2 Å². The largest absolute Gasteiger partial charge is 0.311 e. The first kappa shape index (κ1) is 14.1. The van der Waals surface area contributed by atoms with Crippen LogP contribution in [0.5, 0.6) is 0 Å². The molecule has 0 aliphatic heterocycles. The summed E-state index contributed by atoms with van der Waals surface area (Å²) < 4.78 is 0. The molecule has 0 fully saturated rings. The molecule has 1 aromatic rings. The molecule has 1 rings (SSSR count). The van der Waals surface area contributed by atoms with E-state index in [4.69, 9.17) is 0 Å². The fraction of sp³-hybridized carbons (Fsp3) is 0.643. The predicted octanol–water partition coefficient (Wildman–Crippen LogP) is 2.46. The fourth-order valence-electron chi connectivity index (χ4n) is 2.84. The summed E-state index contributed by atoms with van der Waals surface area (Å²) in [4.78, 5) is 6.57. The van der Waals surface area contributed by atoms with E-state index >= 15 is 0 Å². The number of pyridine rings is 1. The molecule has 1 heterocycles. The van der Waals surface area contributed by atoms with Gasteiger partial charge in [-0.15, -0.1) is 0 Å². The molecule has 1 atom stereocenters. The van der Waals surface area contributed by atoms with Gasteiger partial charge in [-0.05, 0) is 45.6 Å². The van der Waals surface area contributed by atoms with Crippen LogP contribution in [0.2, 0.25) is 0 Å². The zero-order valence-electron chi connectivity index (χ0n) is 11.7. The van der Waals surface area contributed by atoms with Gasteiger partial charge in [0.25, 0.3) is 0 Å². The van der Waals surface area contributed by atoms with Crippen molar-refractivity contribution in [3.05, 3.63) is 30.1 Å². The number of nitrogens with zero attached hydrogens (tertiary/aromatic N) is 2. The van der Waals surface area contributed by atoms with Crippen molar-refractivity contribution in [2.45, 2.75) is 38.3 Å². The summed E-state index contributed by atoms with van der Waals surface area (Å²) >= 11 is 0. The highest BCUT2D eigenvalue weighted by molar-refractivity contribution is 5.19. The van der Waals surface area contributed by atoms with Gasteiger partial charge in [-0.2, -0.15) is 0 Å². The van der Waals surface area contributed by atoms with E-state index in [9.17, 15) is 0 Å². The molecule has 0 amide bonds. The summed E-state index contributed by atoms with van der Waals surface area (Å²) in [5, 5.41) is 3.46. The van der Waals surface area contributed by atoms with Crippen molar-refractivity contribution in [2.75, 3.05) is 21.1 Å². The molecular formula is C14H25N3. The number of hydrogen-bond donors (Lipinski definition) is 1. The van der Waals surface area contributed by atoms with Crippen molar-refractivity contribution >= 4 is 0 Å². The normalized spacial score (nSPS) is 14.0. The first-order valence-electron chi connectivity index (χ1n) is 6.37. The van der Waals surface area contributed by atoms with Crippen LogP contribution in [0, 0.1) is 0 Å². The number of likely N-dealkylation sites (N-methyl/N-ethyl adjacent to an activating group) is 2. The first-order chi connectivity index (χ1) is 8.12. The van der Waals surface area contributed by atoms with Crippen LogP contribution in [-0.2, 0) is 0 Å². The second-order valence-corrected chi connectivity index (χ2v) is 4.71. The van der Waals surface area contributed by atoms with Crippen molar-refractivity contribution < 1.29 is 0 Å². The third-order valence-electron chi connectivity index (χ3n) is 3.96. The van der Waals surface area contributed by atoms with Crippen LogP contribution in [0.25, 0.3) is 0 Å². The van der Waals surface area contributed by atoms with Crippen LogP contribution >= 0.6 is 0 Å². The number of nitrogens with one attached hydrogen (secondary N) is 1. The Bertz CT molecular complexity index is 317. The van der Waals surface area contributed by atoms with Gasteiger partial charge in [-0.25, -0.2) is 0 Å². The van der Waals surface area contributed by atoms with Gasteiger partial charge in [-0.3, -0.25) is 4.98 Å². The highest BCUT2D eigenvalue weighted by atomic mass is 15.2. The lowest BCUT2D eigenvalue weighted by Gasteiger charge is -2.45. The maximum Gasteiger partial charge on any atom is 0.0519 e. The van der Waals surface area contributed by atoms with Crippen LogP contribution in [0.15, 0.2) is 24.5 Å². The molecule has 0 spiro atoms. The van der Waals surface area contributed by atoms with Gasteiger partial charge in [-0.1, -0.05) is 19.9 Å². The molecule has 0 aromatic carbocycles. The lowest BCUT2D eigenvalue weighted by molar-refractivity contribution is 0.0916. The molecule has 3 nitrogen and oxygen atoms in total. The Morgan fingerprint density at radius 1 is 1.35 bits per heavy atom. The molecule has 17 heavy (non-hydrogen) atoms. The van der Waals surface area contributed by atoms with Crippen LogP contribution < -0.4 is 5.32 Å². The van der Waals surface area contributed by atoms with Gasteiger partial charge in [0.05, 0.1) is 6.04 Å². The fourth-order valence-corrected chi connectivity index (χ4v) is 2.84. The van der Waals surface area contributed by atoms with Crippen LogP contribution in [-0.4, -0.2) is 36.6 Å². The Labute approximate surface area is 105 Å². The molecule has 3 heteroatoms. The van der Waals surface area contributed by atoms with E-state index in [2.05, 4.69) is 49.2 Å². The molecule has 0 bridgehead atoms. The summed E-state index contributed by atoms with van der Waals surface area (Å²) in [6.45, 7) is 4.51. The first-order valence-corrected chi connectivity index (χ1v) is 6.37. The minimum atomic E-state index is 0.137. The van der Waals surface area contributed by atoms with Gasteiger partial charge < -0.3 is 10.2 Å². The van der Waals surface area contributed by atoms with Gasteiger partial charge in [0, 0.05) is 17.9 Å². The van der Waals surface area contributed by atoms with E-state index in [0.717, 1.165) is 12.8 Å². The molecule has 0 saturated heterocycles. The lowest BCUT2D eigenvalue weighted by atomic mass is 9.80.